The highest BCUT2D eigenvalue weighted by Gasteiger charge is 2.17. The number of fused-ring (bicyclic) bond motifs is 1. The van der Waals surface area contributed by atoms with Crippen molar-refractivity contribution in [3.63, 3.8) is 0 Å². The van der Waals surface area contributed by atoms with Gasteiger partial charge in [0.25, 0.3) is 0 Å². The number of rotatable bonds is 9. The number of ether oxygens (including phenoxy) is 3. The van der Waals surface area contributed by atoms with Crippen molar-refractivity contribution in [1.29, 1.82) is 0 Å². The highest BCUT2D eigenvalue weighted by molar-refractivity contribution is 7.89. The van der Waals surface area contributed by atoms with Crippen LogP contribution in [0.25, 0.3) is 11.0 Å². The topological polar surface area (TPSA) is 117 Å². The van der Waals surface area contributed by atoms with Gasteiger partial charge in [-0.15, -0.1) is 0 Å². The number of nitrogens with one attached hydrogen (secondary N) is 1. The summed E-state index contributed by atoms with van der Waals surface area (Å²) in [7, 11) is -0.952. The molecular weight excluding hydrogens is 422 g/mol. The Morgan fingerprint density at radius 2 is 1.68 bits per heavy atom. The molecule has 31 heavy (non-hydrogen) atoms. The molecule has 1 N–H and O–H groups in total. The summed E-state index contributed by atoms with van der Waals surface area (Å²) in [6, 6.07) is 11.6. The van der Waals surface area contributed by atoms with Gasteiger partial charge in [-0.25, -0.2) is 23.1 Å². The van der Waals surface area contributed by atoms with E-state index in [4.69, 9.17) is 14.2 Å². The summed E-state index contributed by atoms with van der Waals surface area (Å²) in [5, 5.41) is 0. The molecule has 9 nitrogen and oxygen atoms in total. The fraction of sp³-hybridized carbons (Fsp3) is 0.286. The minimum absolute atomic E-state index is 0.000537. The minimum Gasteiger partial charge on any atom is -0.493 e. The second kappa shape index (κ2) is 9.71. The standard InChI is InChI=1S/C21H23N3O6S/c1-14-18(24-17-7-5-4-6-16(17)23-14)13-30-21(25)10-11-22-31(26,27)15-8-9-19(28-2)20(12-15)29-3/h4-9,12,22H,10-11,13H2,1-3H3. The van der Waals surface area contributed by atoms with Crippen LogP contribution in [-0.2, 0) is 26.2 Å². The predicted molar refractivity (Wildman–Crippen MR) is 113 cm³/mol. The molecule has 2 aromatic carbocycles. The van der Waals surface area contributed by atoms with E-state index in [2.05, 4.69) is 14.7 Å². The van der Waals surface area contributed by atoms with E-state index in [0.29, 0.717) is 22.7 Å². The van der Waals surface area contributed by atoms with Crippen LogP contribution in [0, 0.1) is 6.92 Å². The van der Waals surface area contributed by atoms with Gasteiger partial charge in [-0.2, -0.15) is 0 Å². The Labute approximate surface area is 180 Å². The van der Waals surface area contributed by atoms with Crippen molar-refractivity contribution in [2.45, 2.75) is 24.8 Å². The first-order valence-electron chi connectivity index (χ1n) is 9.43. The number of benzene rings is 2. The predicted octanol–water partition coefficient (Wildman–Crippen LogP) is 2.37. The minimum atomic E-state index is -3.83. The molecule has 0 spiro atoms. The average molecular weight is 445 g/mol. The summed E-state index contributed by atoms with van der Waals surface area (Å²) in [5.41, 5.74) is 2.69. The van der Waals surface area contributed by atoms with Crippen LogP contribution in [0.1, 0.15) is 17.8 Å². The van der Waals surface area contributed by atoms with Gasteiger partial charge in [-0.1, -0.05) is 12.1 Å². The van der Waals surface area contributed by atoms with E-state index in [-0.39, 0.29) is 30.2 Å². The van der Waals surface area contributed by atoms with Gasteiger partial charge in [0.2, 0.25) is 10.0 Å². The van der Waals surface area contributed by atoms with Gasteiger partial charge < -0.3 is 14.2 Å². The molecule has 1 aromatic heterocycles. The van der Waals surface area contributed by atoms with Gasteiger partial charge in [-0.05, 0) is 31.2 Å². The lowest BCUT2D eigenvalue weighted by atomic mass is 10.2. The molecule has 1 heterocycles. The van der Waals surface area contributed by atoms with Crippen molar-refractivity contribution in [1.82, 2.24) is 14.7 Å². The molecule has 0 aliphatic carbocycles. The Morgan fingerprint density at radius 1 is 1.00 bits per heavy atom. The summed E-state index contributed by atoms with van der Waals surface area (Å²) < 4.78 is 42.7. The molecule has 164 valence electrons. The average Bonchev–Trinajstić information content (AvgIpc) is 2.77. The Balaban J connectivity index is 1.55. The zero-order chi connectivity index (χ0) is 22.4. The number of carbonyl (C=O) groups excluding carboxylic acids is 1. The Bertz CT molecular complexity index is 1200. The van der Waals surface area contributed by atoms with Crippen LogP contribution >= 0.6 is 0 Å². The largest absolute Gasteiger partial charge is 0.493 e. The van der Waals surface area contributed by atoms with E-state index >= 15 is 0 Å². The molecule has 0 radical (unpaired) electrons. The van der Waals surface area contributed by atoms with Gasteiger partial charge in [0.15, 0.2) is 11.5 Å². The molecule has 0 amide bonds. The van der Waals surface area contributed by atoms with Crippen molar-refractivity contribution in [3.05, 3.63) is 53.9 Å². The van der Waals surface area contributed by atoms with E-state index < -0.39 is 16.0 Å². The normalized spacial score (nSPS) is 11.3. The zero-order valence-corrected chi connectivity index (χ0v) is 18.2. The third-order valence-electron chi connectivity index (χ3n) is 4.50. The van der Waals surface area contributed by atoms with Crippen LogP contribution < -0.4 is 14.2 Å². The molecule has 0 atom stereocenters. The molecule has 0 aliphatic rings. The third-order valence-corrected chi connectivity index (χ3v) is 5.96. The zero-order valence-electron chi connectivity index (χ0n) is 17.4. The van der Waals surface area contributed by atoms with Crippen LogP contribution in [0.5, 0.6) is 11.5 Å². The first-order valence-corrected chi connectivity index (χ1v) is 10.9. The van der Waals surface area contributed by atoms with Gasteiger partial charge in [0.05, 0.1) is 48.0 Å². The molecule has 3 rings (SSSR count). The Morgan fingerprint density at radius 3 is 2.35 bits per heavy atom. The van der Waals surface area contributed by atoms with Crippen LogP contribution in [0.2, 0.25) is 0 Å². The number of aryl methyl sites for hydroxylation is 1. The SMILES string of the molecule is COc1ccc(S(=O)(=O)NCCC(=O)OCc2nc3ccccc3nc2C)cc1OC. The Hall–Kier alpha value is -3.24. The number of hydrogen-bond donors (Lipinski definition) is 1. The first kappa shape index (κ1) is 22.4. The van der Waals surface area contributed by atoms with Crippen molar-refractivity contribution in [3.8, 4) is 11.5 Å². The van der Waals surface area contributed by atoms with E-state index in [9.17, 15) is 13.2 Å². The van der Waals surface area contributed by atoms with Gasteiger partial charge >= 0.3 is 5.97 Å². The van der Waals surface area contributed by atoms with E-state index in [1.54, 1.807) is 6.92 Å². The van der Waals surface area contributed by atoms with Crippen molar-refractivity contribution in [2.75, 3.05) is 20.8 Å². The maximum Gasteiger partial charge on any atom is 0.307 e. The second-order valence-electron chi connectivity index (χ2n) is 6.57. The molecule has 0 aliphatic heterocycles. The van der Waals surface area contributed by atoms with E-state index in [1.807, 2.05) is 24.3 Å². The van der Waals surface area contributed by atoms with E-state index in [0.717, 1.165) is 5.52 Å². The number of hydrogen-bond acceptors (Lipinski definition) is 8. The molecule has 10 heteroatoms. The molecule has 3 aromatic rings. The van der Waals surface area contributed by atoms with Crippen molar-refractivity contribution >= 4 is 27.0 Å². The first-order chi connectivity index (χ1) is 14.8. The molecule has 0 unspecified atom stereocenters. The lowest BCUT2D eigenvalue weighted by Gasteiger charge is -2.11. The molecule has 0 saturated carbocycles. The second-order valence-corrected chi connectivity index (χ2v) is 8.34. The van der Waals surface area contributed by atoms with Gasteiger partial charge in [-0.3, -0.25) is 4.79 Å². The highest BCUT2D eigenvalue weighted by Crippen LogP contribution is 2.29. The number of para-hydroxylation sites is 2. The van der Waals surface area contributed by atoms with Gasteiger partial charge in [0, 0.05) is 12.6 Å². The van der Waals surface area contributed by atoms with Crippen LogP contribution in [0.4, 0.5) is 0 Å². The lowest BCUT2D eigenvalue weighted by Crippen LogP contribution is -2.26. The van der Waals surface area contributed by atoms with E-state index in [1.165, 1.54) is 32.4 Å². The third kappa shape index (κ3) is 5.47. The van der Waals surface area contributed by atoms with Crippen molar-refractivity contribution < 1.29 is 27.4 Å². The smallest absolute Gasteiger partial charge is 0.307 e. The summed E-state index contributed by atoms with van der Waals surface area (Å²) in [6.45, 7) is 1.64. The summed E-state index contributed by atoms with van der Waals surface area (Å²) >= 11 is 0. The quantitative estimate of drug-likeness (QED) is 0.499. The van der Waals surface area contributed by atoms with Crippen LogP contribution in [-0.4, -0.2) is 45.1 Å². The number of nitrogens with zero attached hydrogens (tertiary/aromatic N) is 2. The molecule has 0 saturated heterocycles. The molecular formula is C21H23N3O6S. The van der Waals surface area contributed by atoms with Crippen LogP contribution in [0.3, 0.4) is 0 Å². The lowest BCUT2D eigenvalue weighted by molar-refractivity contribution is -0.144. The van der Waals surface area contributed by atoms with Crippen LogP contribution in [0.15, 0.2) is 47.4 Å². The fourth-order valence-electron chi connectivity index (χ4n) is 2.84. The van der Waals surface area contributed by atoms with Crippen molar-refractivity contribution in [2.24, 2.45) is 0 Å². The highest BCUT2D eigenvalue weighted by atomic mass is 32.2. The number of sulfonamides is 1. The monoisotopic (exact) mass is 445 g/mol. The molecule has 0 fully saturated rings. The summed E-state index contributed by atoms with van der Waals surface area (Å²) in [4.78, 5) is 21.0. The number of carbonyl (C=O) groups is 1. The van der Waals surface area contributed by atoms with Gasteiger partial charge in [0.1, 0.15) is 6.61 Å². The fourth-order valence-corrected chi connectivity index (χ4v) is 3.88. The summed E-state index contributed by atoms with van der Waals surface area (Å²) in [6.07, 6.45) is -0.132. The number of esters is 1. The maximum absolute atomic E-state index is 12.5. The summed E-state index contributed by atoms with van der Waals surface area (Å²) in [5.74, 6) is 0.151. The number of methoxy groups -OCH3 is 2. The number of aromatic nitrogens is 2. The molecule has 0 bridgehead atoms. The maximum atomic E-state index is 12.5. The Kier molecular flexibility index (Phi) is 7.03.